The molecule has 0 aliphatic carbocycles. The summed E-state index contributed by atoms with van der Waals surface area (Å²) in [4.78, 5) is 29.7. The molecule has 4 rings (SSSR count). The third-order valence-corrected chi connectivity index (χ3v) is 9.94. The Morgan fingerprint density at radius 1 is 1.11 bits per heavy atom. The summed E-state index contributed by atoms with van der Waals surface area (Å²) in [7, 11) is -3.87. The second-order valence-corrected chi connectivity index (χ2v) is 12.8. The number of anilines is 1. The van der Waals surface area contributed by atoms with E-state index in [1.165, 1.54) is 23.6 Å². The van der Waals surface area contributed by atoms with Gasteiger partial charge in [-0.1, -0.05) is 29.3 Å². The van der Waals surface area contributed by atoms with Gasteiger partial charge in [-0.15, -0.1) is 0 Å². The maximum absolute atomic E-state index is 13.8. The number of likely N-dealkylation sites (tertiary alicyclic amines) is 1. The van der Waals surface area contributed by atoms with Crippen LogP contribution in [0.3, 0.4) is 0 Å². The number of sulfonamides is 1. The molecular formula is C25H37BrN4O4S. The highest BCUT2D eigenvalue weighted by atomic mass is 79.9. The minimum Gasteiger partial charge on any atom is -0.355 e. The van der Waals surface area contributed by atoms with Crippen molar-refractivity contribution >= 4 is 43.5 Å². The molecule has 0 unspecified atom stereocenters. The summed E-state index contributed by atoms with van der Waals surface area (Å²) in [6.45, 7) is 7.53. The number of benzene rings is 1. The van der Waals surface area contributed by atoms with Crippen molar-refractivity contribution in [3.05, 3.63) is 22.2 Å². The quantitative estimate of drug-likeness (QED) is 0.545. The van der Waals surface area contributed by atoms with E-state index in [9.17, 15) is 18.0 Å². The van der Waals surface area contributed by atoms with Crippen LogP contribution in [-0.4, -0.2) is 74.7 Å². The molecule has 1 aromatic carbocycles. The summed E-state index contributed by atoms with van der Waals surface area (Å²) in [6.07, 6.45) is 5.92. The highest BCUT2D eigenvalue weighted by molar-refractivity contribution is 9.10. The second-order valence-electron chi connectivity index (χ2n) is 9.93. The summed E-state index contributed by atoms with van der Waals surface area (Å²) in [5.41, 5.74) is 1.36. The molecule has 2 saturated heterocycles. The number of halogens is 1. The maximum atomic E-state index is 13.8. The summed E-state index contributed by atoms with van der Waals surface area (Å²) in [6, 6.07) is 4.04. The van der Waals surface area contributed by atoms with Crippen molar-refractivity contribution in [2.24, 2.45) is 5.92 Å². The zero-order chi connectivity index (χ0) is 25.2. The molecule has 1 aromatic rings. The van der Waals surface area contributed by atoms with E-state index < -0.39 is 10.0 Å². The lowest BCUT2D eigenvalue weighted by atomic mass is 9.99. The van der Waals surface area contributed by atoms with Gasteiger partial charge in [0.1, 0.15) is 4.90 Å². The predicted octanol–water partition coefficient (Wildman–Crippen LogP) is 3.14. The van der Waals surface area contributed by atoms with E-state index in [1.54, 1.807) is 17.9 Å². The molecule has 0 spiro atoms. The summed E-state index contributed by atoms with van der Waals surface area (Å²) in [5.74, 6) is -0.524. The third-order valence-electron chi connectivity index (χ3n) is 7.61. The van der Waals surface area contributed by atoms with Crippen LogP contribution in [0.25, 0.3) is 0 Å². The Labute approximate surface area is 217 Å². The Balaban J connectivity index is 1.46. The monoisotopic (exact) mass is 568 g/mol. The van der Waals surface area contributed by atoms with Crippen molar-refractivity contribution in [2.75, 3.05) is 44.2 Å². The van der Waals surface area contributed by atoms with Crippen molar-refractivity contribution < 1.29 is 18.0 Å². The minimum absolute atomic E-state index is 0.0724. The molecule has 0 saturated carbocycles. The van der Waals surface area contributed by atoms with Gasteiger partial charge < -0.3 is 10.2 Å². The normalized spacial score (nSPS) is 23.8. The fourth-order valence-electron chi connectivity index (χ4n) is 5.58. The van der Waals surface area contributed by atoms with Crippen LogP contribution < -0.4 is 10.2 Å². The number of nitrogens with zero attached hydrogens (tertiary/aromatic N) is 3. The number of hydrogen-bond donors (Lipinski definition) is 1. The maximum Gasteiger partial charge on any atom is 0.245 e. The summed E-state index contributed by atoms with van der Waals surface area (Å²) >= 11 is 3.45. The zero-order valence-electron chi connectivity index (χ0n) is 20.8. The van der Waals surface area contributed by atoms with E-state index in [0.717, 1.165) is 18.7 Å². The Hall–Kier alpha value is -1.49. The van der Waals surface area contributed by atoms with Crippen molar-refractivity contribution in [1.29, 1.82) is 0 Å². The van der Waals surface area contributed by atoms with Crippen LogP contribution in [0.2, 0.25) is 0 Å². The largest absolute Gasteiger partial charge is 0.355 e. The lowest BCUT2D eigenvalue weighted by molar-refractivity contribution is -0.126. The Morgan fingerprint density at radius 3 is 2.66 bits per heavy atom. The van der Waals surface area contributed by atoms with E-state index in [2.05, 4.69) is 33.1 Å². The van der Waals surface area contributed by atoms with Crippen molar-refractivity contribution in [3.63, 3.8) is 0 Å². The number of amides is 2. The third kappa shape index (κ3) is 5.76. The fraction of sp³-hybridized carbons (Fsp3) is 0.680. The lowest BCUT2D eigenvalue weighted by Gasteiger charge is -2.34. The molecule has 2 atom stereocenters. The smallest absolute Gasteiger partial charge is 0.245 e. The second kappa shape index (κ2) is 11.3. The van der Waals surface area contributed by atoms with Crippen LogP contribution in [0.15, 0.2) is 21.5 Å². The first-order valence-corrected chi connectivity index (χ1v) is 15.1. The van der Waals surface area contributed by atoms with Crippen LogP contribution in [0.1, 0.15) is 57.9 Å². The molecule has 10 heteroatoms. The molecule has 2 fully saturated rings. The fourth-order valence-corrected chi connectivity index (χ4v) is 8.02. The number of piperidine rings is 2. The lowest BCUT2D eigenvalue weighted by Crippen LogP contribution is -2.47. The highest BCUT2D eigenvalue weighted by Gasteiger charge is 2.38. The van der Waals surface area contributed by atoms with Gasteiger partial charge in [0, 0.05) is 49.7 Å². The number of carbonyl (C=O) groups excluding carboxylic acids is 2. The van der Waals surface area contributed by atoms with Crippen LogP contribution in [-0.2, 0) is 26.0 Å². The van der Waals surface area contributed by atoms with Gasteiger partial charge in [-0.2, -0.15) is 4.31 Å². The Bertz CT molecular complexity index is 1060. The van der Waals surface area contributed by atoms with Crippen LogP contribution in [0, 0.1) is 5.92 Å². The predicted molar refractivity (Wildman–Crippen MR) is 140 cm³/mol. The van der Waals surface area contributed by atoms with Gasteiger partial charge in [-0.25, -0.2) is 8.42 Å². The van der Waals surface area contributed by atoms with Gasteiger partial charge in [-0.3, -0.25) is 14.5 Å². The van der Waals surface area contributed by atoms with Crippen molar-refractivity contribution in [2.45, 2.75) is 69.7 Å². The van der Waals surface area contributed by atoms with E-state index in [-0.39, 0.29) is 29.2 Å². The summed E-state index contributed by atoms with van der Waals surface area (Å²) < 4.78 is 29.7. The molecular weight excluding hydrogens is 532 g/mol. The van der Waals surface area contributed by atoms with Crippen molar-refractivity contribution in [1.82, 2.24) is 14.5 Å². The molecule has 3 heterocycles. The standard InChI is InChI=1S/C25H37BrN4O4S/c1-3-23(31)30-13-9-19-15-21(26)16-22(24(19)30)35(33,34)29-12-6-8-20(17-29)25(32)27-10-14-28-11-5-4-7-18(28)2/h15-16,18,20H,3-14,17H2,1-2H3,(H,27,32)/t18-,20+/m0/s1. The molecule has 35 heavy (non-hydrogen) atoms. The molecule has 0 radical (unpaired) electrons. The zero-order valence-corrected chi connectivity index (χ0v) is 23.2. The van der Waals surface area contributed by atoms with Gasteiger partial charge in [-0.05, 0) is 63.3 Å². The number of hydrogen-bond acceptors (Lipinski definition) is 5. The van der Waals surface area contributed by atoms with Gasteiger partial charge in [0.15, 0.2) is 0 Å². The van der Waals surface area contributed by atoms with Gasteiger partial charge >= 0.3 is 0 Å². The van der Waals surface area contributed by atoms with Gasteiger partial charge in [0.25, 0.3) is 0 Å². The molecule has 194 valence electrons. The van der Waals surface area contributed by atoms with Crippen molar-refractivity contribution in [3.8, 4) is 0 Å². The Kier molecular flexibility index (Phi) is 8.56. The molecule has 2 amide bonds. The topological polar surface area (TPSA) is 90.0 Å². The van der Waals surface area contributed by atoms with E-state index in [0.29, 0.717) is 61.5 Å². The molecule has 0 bridgehead atoms. The van der Waals surface area contributed by atoms with Gasteiger partial charge in [0.05, 0.1) is 11.6 Å². The first-order chi connectivity index (χ1) is 16.7. The van der Waals surface area contributed by atoms with E-state index >= 15 is 0 Å². The van der Waals surface area contributed by atoms with Gasteiger partial charge in [0.2, 0.25) is 21.8 Å². The molecule has 3 aliphatic heterocycles. The van der Waals surface area contributed by atoms with Crippen LogP contribution in [0.5, 0.6) is 0 Å². The SMILES string of the molecule is CCC(=O)N1CCc2cc(Br)cc(S(=O)(=O)N3CCC[C@@H](C(=O)NCCN4CCCC[C@@H]4C)C3)c21. The van der Waals surface area contributed by atoms with Crippen LogP contribution >= 0.6 is 15.9 Å². The average Bonchev–Trinajstić information content (AvgIpc) is 3.27. The number of nitrogens with one attached hydrogen (secondary N) is 1. The minimum atomic E-state index is -3.87. The molecule has 1 N–H and O–H groups in total. The molecule has 8 nitrogen and oxygen atoms in total. The van der Waals surface area contributed by atoms with Crippen LogP contribution in [0.4, 0.5) is 5.69 Å². The first kappa shape index (κ1) is 26.6. The Morgan fingerprint density at radius 2 is 1.91 bits per heavy atom. The summed E-state index contributed by atoms with van der Waals surface area (Å²) in [5, 5.41) is 3.05. The first-order valence-electron chi connectivity index (χ1n) is 12.9. The number of carbonyl (C=O) groups is 2. The molecule has 0 aromatic heterocycles. The number of fused-ring (bicyclic) bond motifs is 1. The van der Waals surface area contributed by atoms with E-state index in [4.69, 9.17) is 0 Å². The number of rotatable bonds is 7. The van der Waals surface area contributed by atoms with E-state index in [1.807, 2.05) is 6.07 Å². The average molecular weight is 570 g/mol. The highest BCUT2D eigenvalue weighted by Crippen LogP contribution is 2.39. The molecule has 3 aliphatic rings.